The van der Waals surface area contributed by atoms with Gasteiger partial charge in [-0.2, -0.15) is 0 Å². The Morgan fingerprint density at radius 3 is 2.48 bits per heavy atom. The molecule has 21 heavy (non-hydrogen) atoms. The van der Waals surface area contributed by atoms with E-state index < -0.39 is 0 Å². The molecule has 1 amide bonds. The van der Waals surface area contributed by atoms with Gasteiger partial charge in [-0.15, -0.1) is 0 Å². The highest BCUT2D eigenvalue weighted by Gasteiger charge is 2.21. The van der Waals surface area contributed by atoms with Gasteiger partial charge in [-0.3, -0.25) is 15.1 Å². The van der Waals surface area contributed by atoms with Crippen LogP contribution in [0.1, 0.15) is 35.7 Å². The van der Waals surface area contributed by atoms with Crippen molar-refractivity contribution < 1.29 is 4.79 Å². The summed E-state index contributed by atoms with van der Waals surface area (Å²) in [5.74, 6) is 4.88. The molecule has 0 aromatic heterocycles. The first kappa shape index (κ1) is 15.9. The second-order valence-electron chi connectivity index (χ2n) is 5.75. The molecule has 0 bridgehead atoms. The molecule has 5 heteroatoms. The first-order valence-corrected chi connectivity index (χ1v) is 7.66. The van der Waals surface area contributed by atoms with E-state index in [2.05, 4.69) is 29.2 Å². The molecule has 2 rings (SSSR count). The highest BCUT2D eigenvalue weighted by molar-refractivity contribution is 5.93. The fourth-order valence-corrected chi connectivity index (χ4v) is 2.94. The van der Waals surface area contributed by atoms with Gasteiger partial charge in [-0.05, 0) is 57.2 Å². The van der Waals surface area contributed by atoms with Crippen LogP contribution < -0.4 is 11.3 Å². The number of hydrogen-bond donors (Lipinski definition) is 2. The Bertz CT molecular complexity index is 452. The average Bonchev–Trinajstić information content (AvgIpc) is 2.55. The van der Waals surface area contributed by atoms with Gasteiger partial charge in [0.05, 0.1) is 0 Å². The van der Waals surface area contributed by atoms with Gasteiger partial charge in [0.15, 0.2) is 0 Å². The van der Waals surface area contributed by atoms with E-state index in [0.717, 1.165) is 13.1 Å². The number of likely N-dealkylation sites (tertiary alicyclic amines) is 1. The van der Waals surface area contributed by atoms with Gasteiger partial charge in [0.1, 0.15) is 0 Å². The lowest BCUT2D eigenvalue weighted by atomic mass is 10.0. The van der Waals surface area contributed by atoms with Crippen molar-refractivity contribution in [1.29, 1.82) is 0 Å². The Labute approximate surface area is 127 Å². The van der Waals surface area contributed by atoms with Gasteiger partial charge < -0.3 is 4.90 Å². The van der Waals surface area contributed by atoms with Gasteiger partial charge in [-0.1, -0.05) is 19.1 Å². The molecule has 1 saturated heterocycles. The van der Waals surface area contributed by atoms with Gasteiger partial charge in [0, 0.05) is 18.2 Å². The lowest BCUT2D eigenvalue weighted by molar-refractivity contribution is 0.0953. The summed E-state index contributed by atoms with van der Waals surface area (Å²) in [6.07, 6.45) is 2.47. The van der Waals surface area contributed by atoms with Crippen LogP contribution in [0.15, 0.2) is 24.3 Å². The summed E-state index contributed by atoms with van der Waals surface area (Å²) in [6, 6.07) is 8.31. The lowest BCUT2D eigenvalue weighted by Gasteiger charge is -2.36. The van der Waals surface area contributed by atoms with Crippen LogP contribution >= 0.6 is 0 Å². The largest absolute Gasteiger partial charge is 0.303 e. The third-order valence-electron chi connectivity index (χ3n) is 4.41. The molecule has 1 aliphatic rings. The first-order valence-electron chi connectivity index (χ1n) is 7.66. The number of hydrazine groups is 1. The van der Waals surface area contributed by atoms with E-state index in [4.69, 9.17) is 5.84 Å². The Kier molecular flexibility index (Phi) is 5.73. The molecule has 1 aromatic rings. The maximum absolute atomic E-state index is 11.4. The van der Waals surface area contributed by atoms with Crippen LogP contribution in [-0.2, 0) is 6.54 Å². The Morgan fingerprint density at radius 1 is 1.33 bits per heavy atom. The van der Waals surface area contributed by atoms with Crippen molar-refractivity contribution in [3.8, 4) is 0 Å². The number of carbonyl (C=O) groups is 1. The summed E-state index contributed by atoms with van der Waals surface area (Å²) < 4.78 is 0. The third-order valence-corrected chi connectivity index (χ3v) is 4.41. The standard InChI is InChI=1S/C16H26N4O/c1-3-20-10-8-15(9-11-20)19(2)12-13-4-6-14(7-5-13)16(21)18-17/h4-7,15H,3,8-12,17H2,1-2H3,(H,18,21). The summed E-state index contributed by atoms with van der Waals surface area (Å²) in [7, 11) is 2.19. The van der Waals surface area contributed by atoms with Crippen LogP contribution in [0, 0.1) is 0 Å². The van der Waals surface area contributed by atoms with Crippen LogP contribution in [0.3, 0.4) is 0 Å². The number of nitrogens with one attached hydrogen (secondary N) is 1. The molecule has 1 fully saturated rings. The molecule has 0 atom stereocenters. The third kappa shape index (κ3) is 4.27. The molecule has 0 radical (unpaired) electrons. The number of carbonyl (C=O) groups excluding carboxylic acids is 1. The van der Waals surface area contributed by atoms with E-state index >= 15 is 0 Å². The lowest BCUT2D eigenvalue weighted by Crippen LogP contribution is -2.42. The predicted molar refractivity (Wildman–Crippen MR) is 84.7 cm³/mol. The Hall–Kier alpha value is -1.43. The van der Waals surface area contributed by atoms with E-state index in [-0.39, 0.29) is 5.91 Å². The molecule has 3 N–H and O–H groups in total. The molecular weight excluding hydrogens is 264 g/mol. The number of nitrogens with two attached hydrogens (primary N) is 1. The second kappa shape index (κ2) is 7.54. The van der Waals surface area contributed by atoms with Crippen molar-refractivity contribution in [2.45, 2.75) is 32.4 Å². The summed E-state index contributed by atoms with van der Waals surface area (Å²) in [5.41, 5.74) is 3.97. The van der Waals surface area contributed by atoms with Crippen LogP contribution in [0.5, 0.6) is 0 Å². The topological polar surface area (TPSA) is 61.6 Å². The van der Waals surface area contributed by atoms with E-state index in [1.165, 1.54) is 31.5 Å². The second-order valence-corrected chi connectivity index (χ2v) is 5.75. The molecule has 0 saturated carbocycles. The normalized spacial score (nSPS) is 17.1. The summed E-state index contributed by atoms with van der Waals surface area (Å²) in [6.45, 7) is 6.69. The minimum absolute atomic E-state index is 0.248. The molecular formula is C16H26N4O. The minimum atomic E-state index is -0.248. The zero-order valence-electron chi connectivity index (χ0n) is 13.0. The van der Waals surface area contributed by atoms with Crippen LogP contribution in [0.2, 0.25) is 0 Å². The van der Waals surface area contributed by atoms with Crippen molar-refractivity contribution in [3.05, 3.63) is 35.4 Å². The van der Waals surface area contributed by atoms with Crippen LogP contribution in [0.4, 0.5) is 0 Å². The van der Waals surface area contributed by atoms with E-state index in [1.807, 2.05) is 24.3 Å². The fraction of sp³-hybridized carbons (Fsp3) is 0.562. The number of rotatable bonds is 5. The smallest absolute Gasteiger partial charge is 0.265 e. The maximum atomic E-state index is 11.4. The highest BCUT2D eigenvalue weighted by atomic mass is 16.2. The Balaban J connectivity index is 1.88. The first-order chi connectivity index (χ1) is 10.1. The molecule has 0 unspecified atom stereocenters. The van der Waals surface area contributed by atoms with Crippen LogP contribution in [0.25, 0.3) is 0 Å². The molecule has 116 valence electrons. The van der Waals surface area contributed by atoms with Crippen molar-refractivity contribution in [2.24, 2.45) is 5.84 Å². The van der Waals surface area contributed by atoms with Crippen molar-refractivity contribution in [3.63, 3.8) is 0 Å². The molecule has 1 heterocycles. The quantitative estimate of drug-likeness (QED) is 0.486. The zero-order chi connectivity index (χ0) is 15.2. The van der Waals surface area contributed by atoms with E-state index in [9.17, 15) is 4.79 Å². The van der Waals surface area contributed by atoms with E-state index in [0.29, 0.717) is 11.6 Å². The number of benzene rings is 1. The molecule has 0 spiro atoms. The highest BCUT2D eigenvalue weighted by Crippen LogP contribution is 2.17. The van der Waals surface area contributed by atoms with E-state index in [1.54, 1.807) is 0 Å². The zero-order valence-corrected chi connectivity index (χ0v) is 13.0. The monoisotopic (exact) mass is 290 g/mol. The molecule has 1 aliphatic heterocycles. The van der Waals surface area contributed by atoms with Crippen molar-refractivity contribution >= 4 is 5.91 Å². The molecule has 1 aromatic carbocycles. The molecule has 0 aliphatic carbocycles. The number of piperidine rings is 1. The van der Waals surface area contributed by atoms with Gasteiger partial charge in [0.25, 0.3) is 5.91 Å². The van der Waals surface area contributed by atoms with Gasteiger partial charge in [0.2, 0.25) is 0 Å². The van der Waals surface area contributed by atoms with Gasteiger partial charge in [-0.25, -0.2) is 5.84 Å². The Morgan fingerprint density at radius 2 is 1.95 bits per heavy atom. The molecule has 5 nitrogen and oxygen atoms in total. The maximum Gasteiger partial charge on any atom is 0.265 e. The SMILES string of the molecule is CCN1CCC(N(C)Cc2ccc(C(=O)NN)cc2)CC1. The fourth-order valence-electron chi connectivity index (χ4n) is 2.94. The average molecular weight is 290 g/mol. The minimum Gasteiger partial charge on any atom is -0.303 e. The number of nitrogens with zero attached hydrogens (tertiary/aromatic N) is 2. The number of nitrogen functional groups attached to an aromatic ring is 1. The summed E-state index contributed by atoms with van der Waals surface area (Å²) >= 11 is 0. The number of hydrogen-bond acceptors (Lipinski definition) is 4. The predicted octanol–water partition coefficient (Wildman–Crippen LogP) is 1.21. The number of amides is 1. The summed E-state index contributed by atoms with van der Waals surface area (Å²) in [5, 5.41) is 0. The van der Waals surface area contributed by atoms with Crippen LogP contribution in [-0.4, -0.2) is 48.4 Å². The van der Waals surface area contributed by atoms with Gasteiger partial charge >= 0.3 is 0 Å². The van der Waals surface area contributed by atoms with Crippen molar-refractivity contribution in [1.82, 2.24) is 15.2 Å². The summed E-state index contributed by atoms with van der Waals surface area (Å²) in [4.78, 5) is 16.3. The van der Waals surface area contributed by atoms with Crippen molar-refractivity contribution in [2.75, 3.05) is 26.7 Å².